The van der Waals surface area contributed by atoms with Crippen LogP contribution in [0.5, 0.6) is 0 Å². The molecule has 0 aliphatic carbocycles. The van der Waals surface area contributed by atoms with E-state index in [9.17, 15) is 9.59 Å². The van der Waals surface area contributed by atoms with Gasteiger partial charge < -0.3 is 24.4 Å². The number of hydrogen-bond acceptors (Lipinski definition) is 7. The number of carboxylic acid groups (broad SMARTS) is 2. The van der Waals surface area contributed by atoms with Gasteiger partial charge in [-0.15, -0.1) is 0 Å². The molecule has 0 radical (unpaired) electrons. The molecule has 2 aliphatic rings. The Morgan fingerprint density at radius 2 is 2.00 bits per heavy atom. The third kappa shape index (κ3) is 14.1. The highest BCUT2D eigenvalue weighted by molar-refractivity contribution is 5.74. The number of aliphatic imine (C=N–C) groups is 1. The second-order valence-corrected chi connectivity index (χ2v) is 2.57. The summed E-state index contributed by atoms with van der Waals surface area (Å²) < 4.78 is 12.6. The Balaban J connectivity index is 0.000000229. The van der Waals surface area contributed by atoms with Crippen molar-refractivity contribution in [1.29, 1.82) is 0 Å². The summed E-state index contributed by atoms with van der Waals surface area (Å²) in [5.41, 5.74) is 0. The molecule has 1 saturated heterocycles. The minimum absolute atomic E-state index is 0.750. The van der Waals surface area contributed by atoms with E-state index in [1.807, 2.05) is 0 Å². The standard InChI is InChI=1S/C3H7NO.C3H5NO.C2H2O5/c2*1-2-5-3-4-1;3-1(4)7-2(5)6/h4H,1-3H2;3H,1-2H2;(H,3,4)(H,5,6). The maximum Gasteiger partial charge on any atom is 0.516 e. The van der Waals surface area contributed by atoms with Gasteiger partial charge in [0.05, 0.1) is 19.9 Å². The highest BCUT2D eigenvalue weighted by atomic mass is 16.7. The van der Waals surface area contributed by atoms with Gasteiger partial charge in [-0.05, 0) is 0 Å². The zero-order chi connectivity index (χ0) is 12.9. The first-order valence-corrected chi connectivity index (χ1v) is 4.65. The fourth-order valence-corrected chi connectivity index (χ4v) is 0.699. The molecule has 98 valence electrons. The van der Waals surface area contributed by atoms with E-state index in [2.05, 4.69) is 19.8 Å². The molecule has 0 bridgehead atoms. The Kier molecular flexibility index (Phi) is 9.47. The molecule has 0 aromatic rings. The van der Waals surface area contributed by atoms with E-state index in [0.29, 0.717) is 0 Å². The van der Waals surface area contributed by atoms with E-state index in [1.54, 1.807) is 0 Å². The predicted octanol–water partition coefficient (Wildman–Crippen LogP) is -0.0324. The van der Waals surface area contributed by atoms with Crippen LogP contribution < -0.4 is 5.32 Å². The average molecular weight is 250 g/mol. The van der Waals surface area contributed by atoms with Crippen molar-refractivity contribution in [1.82, 2.24) is 5.32 Å². The first kappa shape index (κ1) is 15.1. The van der Waals surface area contributed by atoms with Crippen LogP contribution in [0.25, 0.3) is 0 Å². The first-order chi connectivity index (χ1) is 8.13. The summed E-state index contributed by atoms with van der Waals surface area (Å²) in [7, 11) is 0. The molecule has 9 nitrogen and oxygen atoms in total. The molecule has 9 heteroatoms. The van der Waals surface area contributed by atoms with Crippen molar-refractivity contribution in [2.24, 2.45) is 4.99 Å². The number of rotatable bonds is 0. The molecular formula is C8H14N2O7. The molecule has 2 aliphatic heterocycles. The van der Waals surface area contributed by atoms with Crippen molar-refractivity contribution in [3.8, 4) is 0 Å². The Labute approximate surface area is 97.0 Å². The van der Waals surface area contributed by atoms with Crippen molar-refractivity contribution in [2.45, 2.75) is 0 Å². The maximum atomic E-state index is 9.21. The van der Waals surface area contributed by atoms with Crippen LogP contribution in [0, 0.1) is 0 Å². The van der Waals surface area contributed by atoms with Crippen molar-refractivity contribution < 1.29 is 34.0 Å². The van der Waals surface area contributed by atoms with Crippen molar-refractivity contribution in [2.75, 3.05) is 33.0 Å². The molecular weight excluding hydrogens is 236 g/mol. The van der Waals surface area contributed by atoms with Crippen molar-refractivity contribution in [3.63, 3.8) is 0 Å². The zero-order valence-corrected chi connectivity index (χ0v) is 9.00. The second-order valence-electron chi connectivity index (χ2n) is 2.57. The Hall–Kier alpha value is -1.87. The third-order valence-corrected chi connectivity index (χ3v) is 1.29. The van der Waals surface area contributed by atoms with E-state index in [0.717, 1.165) is 33.0 Å². The van der Waals surface area contributed by atoms with Gasteiger partial charge in [0.2, 0.25) is 0 Å². The first-order valence-electron chi connectivity index (χ1n) is 4.65. The minimum atomic E-state index is -1.81. The smallest absolute Gasteiger partial charge is 0.482 e. The molecule has 0 unspecified atom stereocenters. The molecule has 0 aromatic carbocycles. The lowest BCUT2D eigenvalue weighted by molar-refractivity contribution is 0.0802. The van der Waals surface area contributed by atoms with Gasteiger partial charge in [-0.3, -0.25) is 10.3 Å². The number of carbonyl (C=O) groups is 2. The summed E-state index contributed by atoms with van der Waals surface area (Å²) in [4.78, 5) is 22.1. The largest absolute Gasteiger partial charge is 0.516 e. The zero-order valence-electron chi connectivity index (χ0n) is 9.00. The van der Waals surface area contributed by atoms with Gasteiger partial charge in [-0.1, -0.05) is 0 Å². The Morgan fingerprint density at radius 1 is 1.29 bits per heavy atom. The van der Waals surface area contributed by atoms with Crippen LogP contribution in [0.1, 0.15) is 0 Å². The molecule has 17 heavy (non-hydrogen) atoms. The van der Waals surface area contributed by atoms with Crippen LogP contribution in [0.4, 0.5) is 9.59 Å². The van der Waals surface area contributed by atoms with Gasteiger partial charge >= 0.3 is 12.3 Å². The van der Waals surface area contributed by atoms with Crippen molar-refractivity contribution in [3.05, 3.63) is 0 Å². The second kappa shape index (κ2) is 10.6. The minimum Gasteiger partial charge on any atom is -0.482 e. The Bertz CT molecular complexity index is 227. The number of nitrogens with one attached hydrogen (secondary N) is 1. The summed E-state index contributed by atoms with van der Waals surface area (Å²) in [6, 6.07) is 0. The van der Waals surface area contributed by atoms with Gasteiger partial charge in [-0.25, -0.2) is 9.59 Å². The monoisotopic (exact) mass is 250 g/mol. The van der Waals surface area contributed by atoms with Gasteiger partial charge in [0, 0.05) is 6.54 Å². The number of hydrogen-bond donors (Lipinski definition) is 3. The molecule has 0 amide bonds. The topological polar surface area (TPSA) is 127 Å². The van der Waals surface area contributed by atoms with Gasteiger partial charge in [0.1, 0.15) is 6.61 Å². The number of nitrogens with zero attached hydrogens (tertiary/aromatic N) is 1. The summed E-state index contributed by atoms with van der Waals surface area (Å²) in [6.07, 6.45) is -2.14. The lowest BCUT2D eigenvalue weighted by Gasteiger charge is -1.84. The van der Waals surface area contributed by atoms with Gasteiger partial charge in [0.25, 0.3) is 0 Å². The normalized spacial score (nSPS) is 15.8. The van der Waals surface area contributed by atoms with Crippen LogP contribution >= 0.6 is 0 Å². The number of ether oxygens (including phenoxy) is 3. The van der Waals surface area contributed by atoms with Crippen LogP contribution in [-0.2, 0) is 14.2 Å². The lowest BCUT2D eigenvalue weighted by Crippen LogP contribution is -2.05. The van der Waals surface area contributed by atoms with E-state index < -0.39 is 12.3 Å². The van der Waals surface area contributed by atoms with Gasteiger partial charge in [0.15, 0.2) is 6.40 Å². The van der Waals surface area contributed by atoms with E-state index in [4.69, 9.17) is 14.9 Å². The lowest BCUT2D eigenvalue weighted by atomic mass is 10.7. The highest BCUT2D eigenvalue weighted by Gasteiger charge is 2.01. The third-order valence-electron chi connectivity index (χ3n) is 1.29. The van der Waals surface area contributed by atoms with Crippen LogP contribution in [0.15, 0.2) is 4.99 Å². The quantitative estimate of drug-likeness (QED) is 0.404. The predicted molar refractivity (Wildman–Crippen MR) is 55.3 cm³/mol. The molecule has 1 fully saturated rings. The van der Waals surface area contributed by atoms with Crippen LogP contribution in [0.3, 0.4) is 0 Å². The fraction of sp³-hybridized carbons (Fsp3) is 0.625. The SMILES string of the molecule is C1=NCCO1.C1COCN1.O=C(O)OC(=O)O. The average Bonchev–Trinajstić information content (AvgIpc) is 2.96. The highest BCUT2D eigenvalue weighted by Crippen LogP contribution is 1.78. The molecule has 0 spiro atoms. The molecule has 2 rings (SSSR count). The molecule has 0 aromatic heterocycles. The van der Waals surface area contributed by atoms with Crippen molar-refractivity contribution >= 4 is 18.7 Å². The molecule has 0 saturated carbocycles. The fourth-order valence-electron chi connectivity index (χ4n) is 0.699. The summed E-state index contributed by atoms with van der Waals surface area (Å²) >= 11 is 0. The van der Waals surface area contributed by atoms with E-state index in [1.165, 1.54) is 6.40 Å². The van der Waals surface area contributed by atoms with Crippen LogP contribution in [-0.4, -0.2) is 62.0 Å². The molecule has 0 atom stereocenters. The maximum absolute atomic E-state index is 9.21. The molecule has 2 heterocycles. The summed E-state index contributed by atoms with van der Waals surface area (Å²) in [5.74, 6) is 0. The van der Waals surface area contributed by atoms with E-state index in [-0.39, 0.29) is 0 Å². The Morgan fingerprint density at radius 3 is 2.12 bits per heavy atom. The molecule has 3 N–H and O–H groups in total. The van der Waals surface area contributed by atoms with Gasteiger partial charge in [-0.2, -0.15) is 0 Å². The summed E-state index contributed by atoms with van der Waals surface area (Å²) in [5, 5.41) is 18.0. The van der Waals surface area contributed by atoms with E-state index >= 15 is 0 Å². The van der Waals surface area contributed by atoms with Crippen LogP contribution in [0.2, 0.25) is 0 Å². The summed E-state index contributed by atoms with van der Waals surface area (Å²) in [6.45, 7) is 4.29.